The lowest BCUT2D eigenvalue weighted by molar-refractivity contribution is -0.384. The van der Waals surface area contributed by atoms with Gasteiger partial charge < -0.3 is 15.0 Å². The molecule has 0 bridgehead atoms. The van der Waals surface area contributed by atoms with E-state index in [-0.39, 0.29) is 22.7 Å². The standard InChI is InChI=1S/C18H19N3O6/c1-9-16(11(3)22)10(2)20-17(9)15(23)8-27-18(24)13-7-12(21(25)26)5-6-14(13)19-4/h5-7,19-20H,8H2,1-4H3. The van der Waals surface area contributed by atoms with Gasteiger partial charge in [-0.3, -0.25) is 19.7 Å². The molecule has 0 atom stereocenters. The van der Waals surface area contributed by atoms with Crippen LogP contribution >= 0.6 is 0 Å². The van der Waals surface area contributed by atoms with Crippen LogP contribution in [0.15, 0.2) is 18.2 Å². The molecule has 0 spiro atoms. The summed E-state index contributed by atoms with van der Waals surface area (Å²) in [5.74, 6) is -1.55. The lowest BCUT2D eigenvalue weighted by Gasteiger charge is -2.09. The number of carbonyl (C=O) groups excluding carboxylic acids is 3. The number of ether oxygens (including phenoxy) is 1. The second-order valence-corrected chi connectivity index (χ2v) is 5.92. The number of aryl methyl sites for hydroxylation is 1. The van der Waals surface area contributed by atoms with Crippen LogP contribution in [0.5, 0.6) is 0 Å². The molecule has 0 radical (unpaired) electrons. The Bertz CT molecular complexity index is 945. The number of nitrogens with one attached hydrogen (secondary N) is 2. The van der Waals surface area contributed by atoms with Gasteiger partial charge in [0.2, 0.25) is 5.78 Å². The first-order valence-electron chi connectivity index (χ1n) is 8.04. The Kier molecular flexibility index (Phi) is 5.74. The molecule has 0 saturated heterocycles. The van der Waals surface area contributed by atoms with Crippen LogP contribution in [0.25, 0.3) is 0 Å². The molecule has 0 unspecified atom stereocenters. The van der Waals surface area contributed by atoms with Gasteiger partial charge in [-0.1, -0.05) is 0 Å². The second-order valence-electron chi connectivity index (χ2n) is 5.92. The SMILES string of the molecule is CNc1ccc([N+](=O)[O-])cc1C(=O)OCC(=O)c1[nH]c(C)c(C(C)=O)c1C. The second kappa shape index (κ2) is 7.81. The van der Waals surface area contributed by atoms with Gasteiger partial charge in [0.25, 0.3) is 5.69 Å². The lowest BCUT2D eigenvalue weighted by Crippen LogP contribution is -2.16. The summed E-state index contributed by atoms with van der Waals surface area (Å²) in [6.45, 7) is 4.14. The Morgan fingerprint density at radius 1 is 1.26 bits per heavy atom. The molecule has 0 aliphatic carbocycles. The van der Waals surface area contributed by atoms with Gasteiger partial charge in [0.05, 0.1) is 16.2 Å². The zero-order valence-corrected chi connectivity index (χ0v) is 15.3. The normalized spacial score (nSPS) is 10.4. The van der Waals surface area contributed by atoms with Crippen molar-refractivity contribution in [2.75, 3.05) is 19.0 Å². The number of aromatic nitrogens is 1. The summed E-state index contributed by atoms with van der Waals surface area (Å²) in [5, 5.41) is 13.6. The number of H-pyrrole nitrogens is 1. The van der Waals surface area contributed by atoms with Gasteiger partial charge in [-0.25, -0.2) is 4.79 Å². The summed E-state index contributed by atoms with van der Waals surface area (Å²) >= 11 is 0. The Hall–Kier alpha value is -3.49. The minimum atomic E-state index is -0.871. The number of benzene rings is 1. The molecule has 0 aliphatic rings. The summed E-state index contributed by atoms with van der Waals surface area (Å²) in [4.78, 5) is 49.4. The van der Waals surface area contributed by atoms with Crippen LogP contribution in [-0.4, -0.2) is 41.1 Å². The highest BCUT2D eigenvalue weighted by Crippen LogP contribution is 2.23. The molecule has 142 valence electrons. The number of non-ortho nitro benzene ring substituents is 1. The highest BCUT2D eigenvalue weighted by Gasteiger charge is 2.22. The monoisotopic (exact) mass is 373 g/mol. The number of nitro groups is 1. The summed E-state index contributed by atoms with van der Waals surface area (Å²) in [5.41, 5.74) is 1.69. The van der Waals surface area contributed by atoms with Crippen molar-refractivity contribution in [1.29, 1.82) is 0 Å². The molecule has 1 aromatic carbocycles. The van der Waals surface area contributed by atoms with Crippen molar-refractivity contribution in [2.45, 2.75) is 20.8 Å². The average Bonchev–Trinajstić information content (AvgIpc) is 2.93. The van der Waals surface area contributed by atoms with Crippen LogP contribution in [0.3, 0.4) is 0 Å². The van der Waals surface area contributed by atoms with Crippen molar-refractivity contribution in [3.05, 3.63) is 56.4 Å². The fourth-order valence-electron chi connectivity index (χ4n) is 2.87. The van der Waals surface area contributed by atoms with Crippen molar-refractivity contribution < 1.29 is 24.0 Å². The Morgan fingerprint density at radius 3 is 2.44 bits per heavy atom. The quantitative estimate of drug-likeness (QED) is 0.330. The van der Waals surface area contributed by atoms with Crippen LogP contribution in [-0.2, 0) is 4.74 Å². The molecule has 0 fully saturated rings. The number of anilines is 1. The molecule has 0 amide bonds. The van der Waals surface area contributed by atoms with Crippen LogP contribution in [0.1, 0.15) is 49.4 Å². The van der Waals surface area contributed by atoms with Crippen LogP contribution in [0, 0.1) is 24.0 Å². The summed E-state index contributed by atoms with van der Waals surface area (Å²) in [6, 6.07) is 3.72. The average molecular weight is 373 g/mol. The zero-order valence-electron chi connectivity index (χ0n) is 15.3. The predicted molar refractivity (Wildman–Crippen MR) is 97.5 cm³/mol. The summed E-state index contributed by atoms with van der Waals surface area (Å²) in [7, 11) is 1.55. The van der Waals surface area contributed by atoms with E-state index in [2.05, 4.69) is 10.3 Å². The smallest absolute Gasteiger partial charge is 0.340 e. The van der Waals surface area contributed by atoms with E-state index in [0.717, 1.165) is 6.07 Å². The topological polar surface area (TPSA) is 131 Å². The fourth-order valence-corrected chi connectivity index (χ4v) is 2.87. The third-order valence-corrected chi connectivity index (χ3v) is 4.11. The third-order valence-electron chi connectivity index (χ3n) is 4.11. The largest absolute Gasteiger partial charge is 0.454 e. The van der Waals surface area contributed by atoms with Gasteiger partial charge >= 0.3 is 5.97 Å². The molecule has 2 N–H and O–H groups in total. The number of nitrogens with zero attached hydrogens (tertiary/aromatic N) is 1. The number of rotatable bonds is 7. The van der Waals surface area contributed by atoms with Crippen LogP contribution in [0.4, 0.5) is 11.4 Å². The Balaban J connectivity index is 2.20. The molecular weight excluding hydrogens is 354 g/mol. The molecule has 2 aromatic rings. The highest BCUT2D eigenvalue weighted by atomic mass is 16.6. The molecule has 27 heavy (non-hydrogen) atoms. The van der Waals surface area contributed by atoms with Crippen molar-refractivity contribution in [3.8, 4) is 0 Å². The first-order valence-corrected chi connectivity index (χ1v) is 8.04. The highest BCUT2D eigenvalue weighted by molar-refractivity contribution is 6.05. The molecule has 1 aromatic heterocycles. The minimum Gasteiger partial charge on any atom is -0.454 e. The van der Waals surface area contributed by atoms with E-state index in [1.807, 2.05) is 0 Å². The van der Waals surface area contributed by atoms with E-state index in [1.54, 1.807) is 20.9 Å². The van der Waals surface area contributed by atoms with Gasteiger partial charge in [-0.2, -0.15) is 0 Å². The van der Waals surface area contributed by atoms with E-state index in [9.17, 15) is 24.5 Å². The first kappa shape index (κ1) is 19.8. The first-order chi connectivity index (χ1) is 12.7. The number of ketones is 2. The fraction of sp³-hybridized carbons (Fsp3) is 0.278. The number of aromatic amines is 1. The minimum absolute atomic E-state index is 0.0525. The Labute approximate surface area is 154 Å². The maximum absolute atomic E-state index is 12.4. The molecule has 2 rings (SSSR count). The molecular formula is C18H19N3O6. The van der Waals surface area contributed by atoms with Crippen LogP contribution < -0.4 is 5.32 Å². The van der Waals surface area contributed by atoms with E-state index < -0.39 is 23.3 Å². The van der Waals surface area contributed by atoms with E-state index in [4.69, 9.17) is 4.74 Å². The zero-order chi connectivity index (χ0) is 20.3. The summed E-state index contributed by atoms with van der Waals surface area (Å²) in [6.07, 6.45) is 0. The van der Waals surface area contributed by atoms with Crippen molar-refractivity contribution in [2.24, 2.45) is 0 Å². The molecule has 9 nitrogen and oxygen atoms in total. The van der Waals surface area contributed by atoms with Crippen molar-refractivity contribution >= 4 is 28.9 Å². The maximum Gasteiger partial charge on any atom is 0.340 e. The lowest BCUT2D eigenvalue weighted by atomic mass is 10.1. The number of Topliss-reactive ketones (excluding diaryl/α,β-unsaturated/α-hetero) is 2. The van der Waals surface area contributed by atoms with Gasteiger partial charge in [0.1, 0.15) is 0 Å². The van der Waals surface area contributed by atoms with E-state index in [1.165, 1.54) is 19.1 Å². The van der Waals surface area contributed by atoms with Gasteiger partial charge in [0.15, 0.2) is 12.4 Å². The molecule has 9 heteroatoms. The van der Waals surface area contributed by atoms with Gasteiger partial charge in [-0.15, -0.1) is 0 Å². The number of hydrogen-bond donors (Lipinski definition) is 2. The van der Waals surface area contributed by atoms with Crippen LogP contribution in [0.2, 0.25) is 0 Å². The maximum atomic E-state index is 12.4. The summed E-state index contributed by atoms with van der Waals surface area (Å²) < 4.78 is 5.03. The Morgan fingerprint density at radius 2 is 1.93 bits per heavy atom. The number of esters is 1. The molecule has 0 saturated carbocycles. The third kappa shape index (κ3) is 4.02. The van der Waals surface area contributed by atoms with E-state index >= 15 is 0 Å². The van der Waals surface area contributed by atoms with Crippen molar-refractivity contribution in [1.82, 2.24) is 4.98 Å². The molecule has 1 heterocycles. The van der Waals surface area contributed by atoms with Gasteiger partial charge in [0, 0.05) is 36.1 Å². The number of carbonyl (C=O) groups is 3. The molecule has 0 aliphatic heterocycles. The van der Waals surface area contributed by atoms with E-state index in [0.29, 0.717) is 22.5 Å². The predicted octanol–water partition coefficient (Wildman–Crippen LogP) is 2.82. The number of hydrogen-bond acceptors (Lipinski definition) is 7. The van der Waals surface area contributed by atoms with Gasteiger partial charge in [-0.05, 0) is 32.4 Å². The van der Waals surface area contributed by atoms with Crippen molar-refractivity contribution in [3.63, 3.8) is 0 Å². The number of nitro benzene ring substituents is 1.